The highest BCUT2D eigenvalue weighted by Crippen LogP contribution is 2.31. The van der Waals surface area contributed by atoms with Crippen LogP contribution >= 0.6 is 0 Å². The van der Waals surface area contributed by atoms with Crippen LogP contribution < -0.4 is 9.80 Å². The highest BCUT2D eigenvalue weighted by molar-refractivity contribution is 5.95. The number of aromatic nitrogens is 1. The van der Waals surface area contributed by atoms with Crippen LogP contribution in [0.5, 0.6) is 0 Å². The number of likely N-dealkylation sites (N-methyl/N-ethyl adjacent to an activating group) is 1. The van der Waals surface area contributed by atoms with E-state index in [1.54, 1.807) is 0 Å². The Bertz CT molecular complexity index is 909. The Balaban J connectivity index is 1.74. The number of hydrogen-bond acceptors (Lipinski definition) is 4. The lowest BCUT2D eigenvalue weighted by atomic mass is 10.1. The molecule has 0 N–H and O–H groups in total. The van der Waals surface area contributed by atoms with Gasteiger partial charge in [0.05, 0.1) is 5.69 Å². The molecule has 0 atom stereocenters. The third-order valence-electron chi connectivity index (χ3n) is 5.52. The Morgan fingerprint density at radius 1 is 0.926 bits per heavy atom. The first-order valence-electron chi connectivity index (χ1n) is 9.80. The second kappa shape index (κ2) is 7.57. The van der Waals surface area contributed by atoms with Crippen molar-refractivity contribution in [3.63, 3.8) is 0 Å². The lowest BCUT2D eigenvalue weighted by Crippen LogP contribution is -2.46. The molecule has 0 radical (unpaired) electrons. The fourth-order valence-electron chi connectivity index (χ4n) is 3.78. The van der Waals surface area contributed by atoms with E-state index in [0.29, 0.717) is 0 Å². The monoisotopic (exact) mass is 360 g/mol. The highest BCUT2D eigenvalue weighted by atomic mass is 15.3. The Hall–Kier alpha value is -2.59. The van der Waals surface area contributed by atoms with Gasteiger partial charge in [-0.15, -0.1) is 0 Å². The Labute approximate surface area is 162 Å². The molecule has 0 unspecified atom stereocenters. The summed E-state index contributed by atoms with van der Waals surface area (Å²) in [5.41, 5.74) is 3.42. The molecule has 1 saturated heterocycles. The van der Waals surface area contributed by atoms with Crippen molar-refractivity contribution in [3.8, 4) is 11.3 Å². The molecule has 4 heteroatoms. The Morgan fingerprint density at radius 2 is 1.63 bits per heavy atom. The molecule has 2 heterocycles. The maximum Gasteiger partial charge on any atom is 0.137 e. The topological polar surface area (TPSA) is 22.6 Å². The Morgan fingerprint density at radius 3 is 2.30 bits per heavy atom. The summed E-state index contributed by atoms with van der Waals surface area (Å²) in [6, 6.07) is 19.5. The van der Waals surface area contributed by atoms with Gasteiger partial charge in [0.2, 0.25) is 0 Å². The third kappa shape index (κ3) is 3.62. The second-order valence-corrected chi connectivity index (χ2v) is 7.41. The van der Waals surface area contributed by atoms with Crippen molar-refractivity contribution in [3.05, 3.63) is 54.6 Å². The molecule has 2 aromatic carbocycles. The molecule has 0 amide bonds. The summed E-state index contributed by atoms with van der Waals surface area (Å²) in [4.78, 5) is 12.2. The zero-order valence-corrected chi connectivity index (χ0v) is 16.5. The summed E-state index contributed by atoms with van der Waals surface area (Å²) >= 11 is 0. The molecule has 0 aliphatic carbocycles. The largest absolute Gasteiger partial charge is 0.378 e. The number of hydrogen-bond donors (Lipinski definition) is 0. The molecule has 0 bridgehead atoms. The van der Waals surface area contributed by atoms with E-state index in [0.717, 1.165) is 44.2 Å². The quantitative estimate of drug-likeness (QED) is 0.698. The summed E-state index contributed by atoms with van der Waals surface area (Å²) in [5, 5.41) is 2.50. The first kappa shape index (κ1) is 17.8. The first-order chi connectivity index (χ1) is 13.2. The number of benzene rings is 2. The molecule has 1 fully saturated rings. The summed E-state index contributed by atoms with van der Waals surface area (Å²) in [6.07, 6.45) is 0. The normalized spacial score (nSPS) is 15.3. The molecule has 3 aromatic rings. The van der Waals surface area contributed by atoms with Gasteiger partial charge in [-0.2, -0.15) is 0 Å². The number of anilines is 2. The molecule has 4 rings (SSSR count). The zero-order valence-electron chi connectivity index (χ0n) is 16.5. The van der Waals surface area contributed by atoms with E-state index in [2.05, 4.69) is 90.3 Å². The van der Waals surface area contributed by atoms with Crippen LogP contribution in [0.15, 0.2) is 54.6 Å². The van der Waals surface area contributed by atoms with Gasteiger partial charge in [-0.05, 0) is 30.1 Å². The van der Waals surface area contributed by atoms with Crippen LogP contribution in [-0.2, 0) is 0 Å². The summed E-state index contributed by atoms with van der Waals surface area (Å²) in [7, 11) is 4.13. The molecule has 1 aliphatic rings. The summed E-state index contributed by atoms with van der Waals surface area (Å²) in [6.45, 7) is 7.64. The van der Waals surface area contributed by atoms with E-state index >= 15 is 0 Å². The Kier molecular flexibility index (Phi) is 4.99. The van der Waals surface area contributed by atoms with Crippen LogP contribution in [0.1, 0.15) is 6.92 Å². The average Bonchev–Trinajstić information content (AvgIpc) is 2.73. The van der Waals surface area contributed by atoms with Crippen LogP contribution in [-0.4, -0.2) is 56.7 Å². The van der Waals surface area contributed by atoms with Gasteiger partial charge in [0, 0.05) is 56.9 Å². The number of piperazine rings is 1. The minimum atomic E-state index is 1.04. The van der Waals surface area contributed by atoms with Gasteiger partial charge >= 0.3 is 0 Å². The van der Waals surface area contributed by atoms with Gasteiger partial charge in [0.1, 0.15) is 5.82 Å². The molecule has 140 valence electrons. The van der Waals surface area contributed by atoms with E-state index in [4.69, 9.17) is 4.98 Å². The lowest BCUT2D eigenvalue weighted by Gasteiger charge is -2.35. The third-order valence-corrected chi connectivity index (χ3v) is 5.52. The van der Waals surface area contributed by atoms with Crippen LogP contribution in [0.25, 0.3) is 22.0 Å². The molecular weight excluding hydrogens is 332 g/mol. The van der Waals surface area contributed by atoms with Crippen LogP contribution in [0.2, 0.25) is 0 Å². The van der Waals surface area contributed by atoms with Gasteiger partial charge in [0.25, 0.3) is 0 Å². The van der Waals surface area contributed by atoms with E-state index < -0.39 is 0 Å². The fraction of sp³-hybridized carbons (Fsp3) is 0.348. The SMILES string of the molecule is CCN1CCN(c2nc(-c3ccc(N(C)C)cc3)cc3ccccc23)CC1. The smallest absolute Gasteiger partial charge is 0.137 e. The standard InChI is InChI=1S/C23H28N4/c1-4-26-13-15-27(16-14-26)23-21-8-6-5-7-19(21)17-22(24-23)18-9-11-20(12-10-18)25(2)3/h5-12,17H,4,13-16H2,1-3H3. The van der Waals surface area contributed by atoms with E-state index in [1.165, 1.54) is 22.0 Å². The molecule has 1 aromatic heterocycles. The zero-order chi connectivity index (χ0) is 18.8. The molecule has 27 heavy (non-hydrogen) atoms. The number of pyridine rings is 1. The highest BCUT2D eigenvalue weighted by Gasteiger charge is 2.19. The summed E-state index contributed by atoms with van der Waals surface area (Å²) in [5.74, 6) is 1.12. The van der Waals surface area contributed by atoms with Crippen molar-refractivity contribution in [2.75, 3.05) is 56.6 Å². The maximum absolute atomic E-state index is 5.11. The van der Waals surface area contributed by atoms with Crippen LogP contribution in [0, 0.1) is 0 Å². The minimum absolute atomic E-state index is 1.04. The van der Waals surface area contributed by atoms with Crippen molar-refractivity contribution < 1.29 is 0 Å². The average molecular weight is 361 g/mol. The fourth-order valence-corrected chi connectivity index (χ4v) is 3.78. The van der Waals surface area contributed by atoms with Crippen LogP contribution in [0.4, 0.5) is 11.5 Å². The predicted octanol–water partition coefficient (Wildman–Crippen LogP) is 4.11. The van der Waals surface area contributed by atoms with Crippen LogP contribution in [0.3, 0.4) is 0 Å². The molecule has 0 spiro atoms. The van der Waals surface area contributed by atoms with Crippen molar-refractivity contribution in [2.24, 2.45) is 0 Å². The first-order valence-corrected chi connectivity index (χ1v) is 9.80. The molecule has 0 saturated carbocycles. The van der Waals surface area contributed by atoms with Gasteiger partial charge in [-0.1, -0.05) is 43.3 Å². The summed E-state index contributed by atoms with van der Waals surface area (Å²) < 4.78 is 0. The number of nitrogens with zero attached hydrogens (tertiary/aromatic N) is 4. The van der Waals surface area contributed by atoms with Gasteiger partial charge in [-0.25, -0.2) is 4.98 Å². The van der Waals surface area contributed by atoms with Gasteiger partial charge in [0.15, 0.2) is 0 Å². The number of fused-ring (bicyclic) bond motifs is 1. The predicted molar refractivity (Wildman–Crippen MR) is 116 cm³/mol. The van der Waals surface area contributed by atoms with Crippen molar-refractivity contribution in [1.29, 1.82) is 0 Å². The lowest BCUT2D eigenvalue weighted by molar-refractivity contribution is 0.271. The van der Waals surface area contributed by atoms with Gasteiger partial charge in [-0.3, -0.25) is 0 Å². The van der Waals surface area contributed by atoms with Crippen molar-refractivity contribution >= 4 is 22.3 Å². The van der Waals surface area contributed by atoms with E-state index in [9.17, 15) is 0 Å². The number of rotatable bonds is 4. The second-order valence-electron chi connectivity index (χ2n) is 7.41. The maximum atomic E-state index is 5.11. The molecule has 4 nitrogen and oxygen atoms in total. The molecule has 1 aliphatic heterocycles. The minimum Gasteiger partial charge on any atom is -0.378 e. The van der Waals surface area contributed by atoms with E-state index in [-0.39, 0.29) is 0 Å². The van der Waals surface area contributed by atoms with Gasteiger partial charge < -0.3 is 14.7 Å². The van der Waals surface area contributed by atoms with E-state index in [1.807, 2.05) is 0 Å². The van der Waals surface area contributed by atoms with Crippen molar-refractivity contribution in [2.45, 2.75) is 6.92 Å². The van der Waals surface area contributed by atoms with Crippen molar-refractivity contribution in [1.82, 2.24) is 9.88 Å². The molecular formula is C23H28N4.